The molecule has 0 fully saturated rings. The topological polar surface area (TPSA) is 26.0 Å². The highest BCUT2D eigenvalue weighted by Crippen LogP contribution is 2.22. The predicted molar refractivity (Wildman–Crippen MR) is 57.1 cm³/mol. The van der Waals surface area contributed by atoms with Crippen LogP contribution in [0.2, 0.25) is 0 Å². The molecule has 0 aliphatic rings. The van der Waals surface area contributed by atoms with E-state index in [-0.39, 0.29) is 0 Å². The number of thiophene rings is 1. The molecule has 0 aromatic carbocycles. The van der Waals surface area contributed by atoms with Crippen LogP contribution >= 0.6 is 39.5 Å². The van der Waals surface area contributed by atoms with Crippen LogP contribution in [0.15, 0.2) is 15.9 Å². The van der Waals surface area contributed by atoms with Crippen molar-refractivity contribution >= 4 is 44.5 Å². The van der Waals surface area contributed by atoms with Crippen molar-refractivity contribution in [3.63, 3.8) is 0 Å². The van der Waals surface area contributed by atoms with E-state index in [4.69, 9.17) is 18.0 Å². The van der Waals surface area contributed by atoms with E-state index in [1.165, 1.54) is 4.88 Å². The number of nitrogens with two attached hydrogens (primary N) is 1. The minimum atomic E-state index is 0.592. The van der Waals surface area contributed by atoms with Crippen LogP contribution in [0.4, 0.5) is 0 Å². The lowest BCUT2D eigenvalue weighted by atomic mass is 10.3. The van der Waals surface area contributed by atoms with Gasteiger partial charge in [0.05, 0.1) is 8.77 Å². The van der Waals surface area contributed by atoms with Crippen LogP contribution < -0.4 is 5.73 Å². The lowest BCUT2D eigenvalue weighted by Crippen LogP contribution is -2.07. The number of hydrogen-bond acceptors (Lipinski definition) is 2. The predicted octanol–water partition coefficient (Wildman–Crippen LogP) is 2.73. The van der Waals surface area contributed by atoms with Crippen LogP contribution in [0.3, 0.4) is 0 Å². The molecule has 1 heterocycles. The zero-order valence-electron chi connectivity index (χ0n) is 5.84. The second-order valence-corrected chi connectivity index (χ2v) is 5.24. The van der Waals surface area contributed by atoms with Crippen LogP contribution in [0, 0.1) is 0 Å². The van der Waals surface area contributed by atoms with Crippen LogP contribution in [0.25, 0.3) is 0 Å². The summed E-state index contributed by atoms with van der Waals surface area (Å²) in [5.74, 6) is 0. The van der Waals surface area contributed by atoms with Gasteiger partial charge in [-0.2, -0.15) is 0 Å². The van der Waals surface area contributed by atoms with Crippen LogP contribution in [-0.4, -0.2) is 4.99 Å². The first-order valence-corrected chi connectivity index (χ1v) is 5.23. The van der Waals surface area contributed by atoms with Gasteiger partial charge < -0.3 is 5.73 Å². The third-order valence-corrected chi connectivity index (χ3v) is 3.13. The van der Waals surface area contributed by atoms with Crippen molar-refractivity contribution in [1.82, 2.24) is 0 Å². The molecule has 1 nitrogen and oxygen atoms in total. The molecule has 60 valence electrons. The Morgan fingerprint density at radius 1 is 1.64 bits per heavy atom. The molecular formula is C7H8BrNS2. The summed E-state index contributed by atoms with van der Waals surface area (Å²) >= 11 is 9.90. The second kappa shape index (κ2) is 4.18. The first kappa shape index (κ1) is 9.16. The largest absolute Gasteiger partial charge is 0.393 e. The summed E-state index contributed by atoms with van der Waals surface area (Å²) in [5.41, 5.74) is 5.37. The van der Waals surface area contributed by atoms with Crippen molar-refractivity contribution in [1.29, 1.82) is 0 Å². The first-order valence-electron chi connectivity index (χ1n) is 3.21. The summed E-state index contributed by atoms with van der Waals surface area (Å²) in [5, 5.41) is 0. The third-order valence-electron chi connectivity index (χ3n) is 1.25. The maximum absolute atomic E-state index is 5.37. The van der Waals surface area contributed by atoms with E-state index in [2.05, 4.69) is 22.0 Å². The van der Waals surface area contributed by atoms with Gasteiger partial charge in [0.2, 0.25) is 0 Å². The van der Waals surface area contributed by atoms with E-state index in [9.17, 15) is 0 Å². The van der Waals surface area contributed by atoms with Gasteiger partial charge >= 0.3 is 0 Å². The number of halogens is 1. The van der Waals surface area contributed by atoms with Crippen molar-refractivity contribution < 1.29 is 0 Å². The Bertz CT molecular complexity index is 257. The molecule has 0 aliphatic carbocycles. The second-order valence-electron chi connectivity index (χ2n) is 2.17. The van der Waals surface area contributed by atoms with Crippen molar-refractivity contribution in [2.24, 2.45) is 5.73 Å². The van der Waals surface area contributed by atoms with Gasteiger partial charge in [0, 0.05) is 11.3 Å². The lowest BCUT2D eigenvalue weighted by Gasteiger charge is -1.93. The van der Waals surface area contributed by atoms with Crippen molar-refractivity contribution in [3.05, 3.63) is 20.8 Å². The van der Waals surface area contributed by atoms with Gasteiger partial charge in [0.25, 0.3) is 0 Å². The minimum absolute atomic E-state index is 0.592. The Hall–Kier alpha value is 0.0700. The first-order chi connectivity index (χ1) is 5.18. The van der Waals surface area contributed by atoms with Gasteiger partial charge in [-0.05, 0) is 34.5 Å². The van der Waals surface area contributed by atoms with Gasteiger partial charge in [0.1, 0.15) is 0 Å². The average molecular weight is 250 g/mol. The van der Waals surface area contributed by atoms with Gasteiger partial charge in [0.15, 0.2) is 0 Å². The summed E-state index contributed by atoms with van der Waals surface area (Å²) in [6.45, 7) is 0. The number of rotatable bonds is 3. The van der Waals surface area contributed by atoms with E-state index in [0.717, 1.165) is 16.6 Å². The normalized spacial score (nSPS) is 9.91. The number of thiocarbonyl (C=S) groups is 1. The van der Waals surface area contributed by atoms with Crippen LogP contribution in [0.1, 0.15) is 11.3 Å². The highest BCUT2D eigenvalue weighted by molar-refractivity contribution is 9.11. The smallest absolute Gasteiger partial charge is 0.0730 e. The molecule has 0 saturated heterocycles. The molecule has 0 radical (unpaired) electrons. The van der Waals surface area contributed by atoms with Gasteiger partial charge in [-0.15, -0.1) is 11.3 Å². The van der Waals surface area contributed by atoms with Gasteiger partial charge in [-0.1, -0.05) is 12.2 Å². The fourth-order valence-corrected chi connectivity index (χ4v) is 2.32. The van der Waals surface area contributed by atoms with Crippen molar-refractivity contribution in [3.8, 4) is 0 Å². The Balaban J connectivity index is 2.45. The summed E-state index contributed by atoms with van der Waals surface area (Å²) in [4.78, 5) is 1.92. The van der Waals surface area contributed by atoms with E-state index in [1.54, 1.807) is 11.3 Å². The molecule has 1 aromatic heterocycles. The molecule has 0 unspecified atom stereocenters. The number of hydrogen-bond donors (Lipinski definition) is 1. The van der Waals surface area contributed by atoms with Crippen LogP contribution in [0.5, 0.6) is 0 Å². The SMILES string of the molecule is NC(=S)CCc1ccc(Br)s1. The molecule has 1 rings (SSSR count). The maximum Gasteiger partial charge on any atom is 0.0730 e. The molecule has 0 atom stereocenters. The Kier molecular flexibility index (Phi) is 3.48. The van der Waals surface area contributed by atoms with Gasteiger partial charge in [-0.3, -0.25) is 0 Å². The molecule has 0 spiro atoms. The lowest BCUT2D eigenvalue weighted by molar-refractivity contribution is 1.07. The summed E-state index contributed by atoms with van der Waals surface area (Å²) in [6.07, 6.45) is 1.77. The van der Waals surface area contributed by atoms with Crippen molar-refractivity contribution in [2.75, 3.05) is 0 Å². The van der Waals surface area contributed by atoms with Crippen LogP contribution in [-0.2, 0) is 6.42 Å². The van der Waals surface area contributed by atoms with E-state index >= 15 is 0 Å². The zero-order valence-corrected chi connectivity index (χ0v) is 9.06. The Morgan fingerprint density at radius 2 is 2.36 bits per heavy atom. The minimum Gasteiger partial charge on any atom is -0.393 e. The van der Waals surface area contributed by atoms with E-state index in [1.807, 2.05) is 6.07 Å². The average Bonchev–Trinajstić information content (AvgIpc) is 2.31. The highest BCUT2D eigenvalue weighted by Gasteiger charge is 1.97. The van der Waals surface area contributed by atoms with Crippen molar-refractivity contribution in [2.45, 2.75) is 12.8 Å². The number of aryl methyl sites for hydroxylation is 1. The van der Waals surface area contributed by atoms with E-state index in [0.29, 0.717) is 4.99 Å². The van der Waals surface area contributed by atoms with Gasteiger partial charge in [-0.25, -0.2) is 0 Å². The Labute approximate surface area is 83.7 Å². The molecule has 0 saturated carbocycles. The molecule has 0 aliphatic heterocycles. The maximum atomic E-state index is 5.37. The molecule has 2 N–H and O–H groups in total. The molecular weight excluding hydrogens is 242 g/mol. The Morgan fingerprint density at radius 3 is 2.82 bits per heavy atom. The third kappa shape index (κ3) is 3.31. The zero-order chi connectivity index (χ0) is 8.27. The summed E-state index contributed by atoms with van der Waals surface area (Å²) in [7, 11) is 0. The molecule has 0 bridgehead atoms. The standard InChI is InChI=1S/C7H8BrNS2/c8-6-3-1-5(11-6)2-4-7(9)10/h1,3H,2,4H2,(H2,9,10). The summed E-state index contributed by atoms with van der Waals surface area (Å²) in [6, 6.07) is 4.13. The fourth-order valence-electron chi connectivity index (χ4n) is 0.733. The monoisotopic (exact) mass is 249 g/mol. The fraction of sp³-hybridized carbons (Fsp3) is 0.286. The molecule has 1 aromatic rings. The van der Waals surface area contributed by atoms with E-state index < -0.39 is 0 Å². The molecule has 0 amide bonds. The summed E-state index contributed by atoms with van der Waals surface area (Å²) < 4.78 is 1.16. The highest BCUT2D eigenvalue weighted by atomic mass is 79.9. The quantitative estimate of drug-likeness (QED) is 0.835. The molecule has 4 heteroatoms. The molecule has 11 heavy (non-hydrogen) atoms.